The summed E-state index contributed by atoms with van der Waals surface area (Å²) in [5.41, 5.74) is 0. The minimum absolute atomic E-state index is 0.558. The first kappa shape index (κ1) is 12.7. The van der Waals surface area contributed by atoms with Crippen molar-refractivity contribution in [3.63, 3.8) is 0 Å². The second-order valence-corrected chi connectivity index (χ2v) is 1.01. The Hall–Kier alpha value is 0.0566. The van der Waals surface area contributed by atoms with Crippen molar-refractivity contribution < 1.29 is 59.5 Å². The van der Waals surface area contributed by atoms with Crippen molar-refractivity contribution in [2.45, 2.75) is 2.44 Å². The summed E-state index contributed by atoms with van der Waals surface area (Å²) in [6.07, 6.45) is 1.12. The molecule has 4 nitrogen and oxygen atoms in total. The summed E-state index contributed by atoms with van der Waals surface area (Å²) < 4.78 is 2.14. The van der Waals surface area contributed by atoms with Crippen LogP contribution in [-0.2, 0) is 9.59 Å². The van der Waals surface area contributed by atoms with Crippen LogP contribution in [0.4, 0.5) is 0 Å². The predicted molar refractivity (Wildman–Crippen MR) is 30.3 cm³/mol. The molecule has 10 heavy (non-hydrogen) atoms. The van der Waals surface area contributed by atoms with Gasteiger partial charge in [0.1, 0.15) is 0 Å². The van der Waals surface area contributed by atoms with Gasteiger partial charge in [-0.3, -0.25) is 0 Å². The molecule has 0 aliphatic heterocycles. The second kappa shape index (κ2) is 9.06. The fourth-order valence-electron chi connectivity index (χ4n) is 0.143. The zero-order valence-electron chi connectivity index (χ0n) is 5.37. The van der Waals surface area contributed by atoms with Gasteiger partial charge < -0.3 is 10.2 Å². The Morgan fingerprint density at radius 3 is 1.40 bits per heavy atom. The van der Waals surface area contributed by atoms with E-state index in [4.69, 9.17) is 10.2 Å². The van der Waals surface area contributed by atoms with Gasteiger partial charge in [-0.05, 0) is 0 Å². The Kier molecular flexibility index (Phi) is 11.5. The molecule has 0 amide bonds. The topological polar surface area (TPSA) is 74.6 Å². The van der Waals surface area contributed by atoms with Gasteiger partial charge in [0.25, 0.3) is 0 Å². The van der Waals surface area contributed by atoms with Crippen molar-refractivity contribution in [2.75, 3.05) is 0 Å². The van der Waals surface area contributed by atoms with E-state index in [1.54, 1.807) is 0 Å². The molecule has 5 heteroatoms. The number of hydrogen-bond acceptors (Lipinski definition) is 2. The summed E-state index contributed by atoms with van der Waals surface area (Å²) in [7, 11) is 0. The van der Waals surface area contributed by atoms with E-state index in [9.17, 15) is 9.59 Å². The van der Waals surface area contributed by atoms with Gasteiger partial charge in [-0.15, -0.1) is 0 Å². The average Bonchev–Trinajstić information content (AvgIpc) is 1.89. The molecule has 0 rings (SSSR count). The van der Waals surface area contributed by atoms with Crippen molar-refractivity contribution in [2.24, 2.45) is 0 Å². The van der Waals surface area contributed by atoms with Gasteiger partial charge in [0, 0.05) is 12.2 Å². The molecule has 0 radical (unpaired) electrons. The van der Waals surface area contributed by atoms with Crippen LogP contribution in [0, 0.1) is 39.6 Å². The maximum atomic E-state index is 9.55. The van der Waals surface area contributed by atoms with Gasteiger partial charge in [0.2, 0.25) is 0 Å². The normalized spacial score (nSPS) is 8.00. The van der Waals surface area contributed by atoms with Crippen LogP contribution < -0.4 is 0 Å². The number of hydrogen-bond donors (Lipinski definition) is 2. The predicted octanol–water partition coefficient (Wildman–Crippen LogP) is 0.296. The zero-order chi connectivity index (χ0) is 8.57. The molecule has 0 saturated carbocycles. The molecule has 0 aromatic rings. The van der Waals surface area contributed by atoms with E-state index < -0.39 is 11.9 Å². The molecule has 0 aromatic heterocycles. The monoisotopic (exact) mass is 271 g/mol. The molecule has 0 saturated heterocycles. The molecule has 0 aromatic carbocycles. The molecule has 0 bridgehead atoms. The number of carboxylic acids is 2. The molecule has 0 unspecified atom stereocenters. The van der Waals surface area contributed by atoms with Crippen LogP contribution in [0.2, 0.25) is 2.44 Å². The van der Waals surface area contributed by atoms with E-state index in [2.05, 4.69) is 2.44 Å². The van der Waals surface area contributed by atoms with E-state index in [0.29, 0.717) is 12.2 Å². The van der Waals surface area contributed by atoms with Crippen LogP contribution in [0.1, 0.15) is 0 Å². The summed E-state index contributed by atoms with van der Waals surface area (Å²) in [5, 5.41) is 15.6. The second-order valence-electron chi connectivity index (χ2n) is 1.01. The summed E-state index contributed by atoms with van der Waals surface area (Å²) in [5.74, 6) is -2.51. The zero-order valence-corrected chi connectivity index (χ0v) is 8.51. The molecule has 0 heterocycles. The van der Waals surface area contributed by atoms with Gasteiger partial charge in [-0.25, -0.2) is 9.59 Å². The third-order valence-corrected chi connectivity index (χ3v) is 0.368. The third kappa shape index (κ3) is 15.7. The van der Waals surface area contributed by atoms with Crippen LogP contribution in [0.3, 0.4) is 0 Å². The quantitative estimate of drug-likeness (QED) is 0.708. The van der Waals surface area contributed by atoms with Gasteiger partial charge in [0.05, 0.1) is 0 Å². The van der Waals surface area contributed by atoms with Crippen molar-refractivity contribution in [1.82, 2.24) is 0 Å². The van der Waals surface area contributed by atoms with E-state index in [1.807, 2.05) is 0 Å². The molecule has 55 valence electrons. The number of carboxylic acid groups (broad SMARTS) is 2. The number of carbonyl (C=O) groups is 2. The van der Waals surface area contributed by atoms with E-state index >= 15 is 0 Å². The molecule has 0 spiro atoms. The summed E-state index contributed by atoms with van der Waals surface area (Å²) in [6.45, 7) is 0. The Balaban J connectivity index is 0. The number of rotatable bonds is 2. The fraction of sp³-hybridized carbons (Fsp3) is 0.200. The summed E-state index contributed by atoms with van der Waals surface area (Å²) >= 11 is 1.31. The summed E-state index contributed by atoms with van der Waals surface area (Å²) in [6, 6.07) is 0. The maximum absolute atomic E-state index is 9.55. The van der Waals surface area contributed by atoms with Crippen LogP contribution >= 0.6 is 0 Å². The molecule has 0 fully saturated rings. The van der Waals surface area contributed by atoms with E-state index in [1.165, 1.54) is 39.6 Å². The van der Waals surface area contributed by atoms with Crippen LogP contribution in [0.25, 0.3) is 0 Å². The fourth-order valence-corrected chi connectivity index (χ4v) is 0.143. The molecular formula is C5H7CeO4. The Bertz CT molecular complexity index is 125. The molecule has 0 aliphatic rings. The third-order valence-electron chi connectivity index (χ3n) is 0.368. The Labute approximate surface area is 85.2 Å². The van der Waals surface area contributed by atoms with E-state index in [-0.39, 0.29) is 0 Å². The number of aliphatic carboxylic acids is 2. The molecule has 0 aliphatic carbocycles. The molecule has 0 atom stereocenters. The van der Waals surface area contributed by atoms with Gasteiger partial charge >= 0.3 is 54.0 Å². The summed E-state index contributed by atoms with van der Waals surface area (Å²) in [4.78, 5) is 19.1. The van der Waals surface area contributed by atoms with Crippen molar-refractivity contribution in [3.05, 3.63) is 12.2 Å². The minimum atomic E-state index is -1.26. The van der Waals surface area contributed by atoms with Gasteiger partial charge in [-0.2, -0.15) is 0 Å². The molecule has 2 N–H and O–H groups in total. The van der Waals surface area contributed by atoms with Gasteiger partial charge in [0.15, 0.2) is 0 Å². The van der Waals surface area contributed by atoms with Crippen LogP contribution in [0.15, 0.2) is 12.2 Å². The SMILES string of the molecule is O=C(O)/C=C\C(=O)O.[CH3][Ce]. The van der Waals surface area contributed by atoms with Crippen molar-refractivity contribution in [3.8, 4) is 0 Å². The average molecular weight is 271 g/mol. The first-order chi connectivity index (χ1) is 4.63. The van der Waals surface area contributed by atoms with Crippen LogP contribution in [0.5, 0.6) is 0 Å². The van der Waals surface area contributed by atoms with Crippen LogP contribution in [-0.4, -0.2) is 22.2 Å². The van der Waals surface area contributed by atoms with Crippen molar-refractivity contribution >= 4 is 11.9 Å². The van der Waals surface area contributed by atoms with E-state index in [0.717, 1.165) is 0 Å². The standard InChI is InChI=1S/C4H4O4.CH3.Ce/c5-3(6)1-2-4(7)8;;/h1-2H,(H,5,6)(H,7,8);1H3;/b2-1-;;. The van der Waals surface area contributed by atoms with Crippen molar-refractivity contribution in [1.29, 1.82) is 0 Å². The Morgan fingerprint density at radius 2 is 1.30 bits per heavy atom. The first-order valence-electron chi connectivity index (χ1n) is 2.27. The van der Waals surface area contributed by atoms with Gasteiger partial charge in [-0.1, -0.05) is 0 Å². The molecular weight excluding hydrogens is 264 g/mol. The first-order valence-corrected chi connectivity index (χ1v) is 5.41. The Morgan fingerprint density at radius 1 is 1.10 bits per heavy atom.